The summed E-state index contributed by atoms with van der Waals surface area (Å²) < 4.78 is 0. The highest BCUT2D eigenvalue weighted by atomic mass is 35.5. The molecule has 138 valence electrons. The van der Waals surface area contributed by atoms with Gasteiger partial charge in [-0.25, -0.2) is 4.98 Å². The molecule has 0 bridgehead atoms. The quantitative estimate of drug-likeness (QED) is 0.812. The third kappa shape index (κ3) is 4.82. The Labute approximate surface area is 159 Å². The first-order valence-corrected chi connectivity index (χ1v) is 9.02. The summed E-state index contributed by atoms with van der Waals surface area (Å²) in [5.41, 5.74) is 2.88. The third-order valence-electron chi connectivity index (χ3n) is 4.06. The maximum atomic E-state index is 12.6. The van der Waals surface area contributed by atoms with Crippen LogP contribution in [0.5, 0.6) is 0 Å². The van der Waals surface area contributed by atoms with Gasteiger partial charge in [-0.3, -0.25) is 9.59 Å². The molecule has 0 fully saturated rings. The van der Waals surface area contributed by atoms with Gasteiger partial charge in [-0.15, -0.1) is 0 Å². The fourth-order valence-electron chi connectivity index (χ4n) is 2.62. The molecule has 1 aromatic heterocycles. The summed E-state index contributed by atoms with van der Waals surface area (Å²) in [6.45, 7) is 6.55. The summed E-state index contributed by atoms with van der Waals surface area (Å²) in [5.74, 6) is -0.595. The zero-order chi connectivity index (χ0) is 19.3. The van der Waals surface area contributed by atoms with Crippen LogP contribution in [0.3, 0.4) is 0 Å². The SMILES string of the molecule is CCCCN(C)C(=O)c1cccc(C(=O)Nc2c(C)cc(C)cc2Cl)n1. The van der Waals surface area contributed by atoms with Crippen LogP contribution in [0.1, 0.15) is 51.9 Å². The van der Waals surface area contributed by atoms with Crippen molar-refractivity contribution in [3.8, 4) is 0 Å². The number of pyridine rings is 1. The molecule has 0 saturated carbocycles. The van der Waals surface area contributed by atoms with Gasteiger partial charge in [0, 0.05) is 13.6 Å². The van der Waals surface area contributed by atoms with Crippen molar-refractivity contribution < 1.29 is 9.59 Å². The van der Waals surface area contributed by atoms with Crippen LogP contribution in [-0.4, -0.2) is 35.3 Å². The molecule has 1 aromatic carbocycles. The van der Waals surface area contributed by atoms with Gasteiger partial charge in [-0.1, -0.05) is 37.1 Å². The number of nitrogens with one attached hydrogen (secondary N) is 1. The summed E-state index contributed by atoms with van der Waals surface area (Å²) in [6.07, 6.45) is 1.93. The van der Waals surface area contributed by atoms with E-state index in [1.165, 1.54) is 0 Å². The van der Waals surface area contributed by atoms with E-state index in [2.05, 4.69) is 17.2 Å². The first kappa shape index (κ1) is 19.9. The van der Waals surface area contributed by atoms with Gasteiger partial charge in [0.05, 0.1) is 10.7 Å². The number of carbonyl (C=O) groups is 2. The molecule has 0 spiro atoms. The average Bonchev–Trinajstić information content (AvgIpc) is 2.61. The lowest BCUT2D eigenvalue weighted by Crippen LogP contribution is -2.29. The van der Waals surface area contributed by atoms with Crippen molar-refractivity contribution in [2.24, 2.45) is 0 Å². The van der Waals surface area contributed by atoms with E-state index in [1.807, 2.05) is 19.9 Å². The lowest BCUT2D eigenvalue weighted by molar-refractivity contribution is 0.0787. The molecule has 0 atom stereocenters. The van der Waals surface area contributed by atoms with Crippen molar-refractivity contribution in [3.05, 3.63) is 57.9 Å². The van der Waals surface area contributed by atoms with Crippen molar-refractivity contribution in [2.45, 2.75) is 33.6 Å². The van der Waals surface area contributed by atoms with Gasteiger partial charge in [-0.2, -0.15) is 0 Å². The van der Waals surface area contributed by atoms with Gasteiger partial charge in [0.1, 0.15) is 11.4 Å². The molecular weight excluding hydrogens is 350 g/mol. The number of unbranched alkanes of at least 4 members (excludes halogenated alkanes) is 1. The Morgan fingerprint density at radius 2 is 1.88 bits per heavy atom. The Hall–Kier alpha value is -2.40. The fourth-order valence-corrected chi connectivity index (χ4v) is 2.99. The first-order chi connectivity index (χ1) is 12.3. The predicted octanol–water partition coefficient (Wildman–Crippen LogP) is 4.48. The monoisotopic (exact) mass is 373 g/mol. The van der Waals surface area contributed by atoms with E-state index in [1.54, 1.807) is 36.2 Å². The molecule has 0 aliphatic heterocycles. The molecular formula is C20H24ClN3O2. The van der Waals surface area contributed by atoms with E-state index < -0.39 is 5.91 Å². The zero-order valence-corrected chi connectivity index (χ0v) is 16.4. The maximum Gasteiger partial charge on any atom is 0.274 e. The highest BCUT2D eigenvalue weighted by molar-refractivity contribution is 6.34. The molecule has 2 rings (SSSR count). The van der Waals surface area contributed by atoms with Crippen LogP contribution < -0.4 is 5.32 Å². The van der Waals surface area contributed by atoms with Crippen molar-refractivity contribution in [1.82, 2.24) is 9.88 Å². The minimum atomic E-state index is -0.398. The maximum absolute atomic E-state index is 12.6. The van der Waals surface area contributed by atoms with Gasteiger partial charge in [0.2, 0.25) is 0 Å². The van der Waals surface area contributed by atoms with Crippen LogP contribution in [-0.2, 0) is 0 Å². The molecule has 1 N–H and O–H groups in total. The molecule has 0 aliphatic rings. The van der Waals surface area contributed by atoms with E-state index in [9.17, 15) is 9.59 Å². The molecule has 0 radical (unpaired) electrons. The van der Waals surface area contributed by atoms with Crippen LogP contribution in [0.15, 0.2) is 30.3 Å². The Kier molecular flexibility index (Phi) is 6.75. The second kappa shape index (κ2) is 8.81. The van der Waals surface area contributed by atoms with Crippen LogP contribution >= 0.6 is 11.6 Å². The number of hydrogen-bond donors (Lipinski definition) is 1. The standard InChI is InChI=1S/C20H24ClN3O2/c1-5-6-10-24(4)20(26)17-9-7-8-16(22-17)19(25)23-18-14(3)11-13(2)12-15(18)21/h7-9,11-12H,5-6,10H2,1-4H3,(H,23,25). The molecule has 26 heavy (non-hydrogen) atoms. The smallest absolute Gasteiger partial charge is 0.274 e. The normalized spacial score (nSPS) is 10.5. The highest BCUT2D eigenvalue weighted by Gasteiger charge is 2.17. The second-order valence-electron chi connectivity index (χ2n) is 6.38. The van der Waals surface area contributed by atoms with E-state index >= 15 is 0 Å². The number of anilines is 1. The number of carbonyl (C=O) groups excluding carboxylic acids is 2. The van der Waals surface area contributed by atoms with Crippen LogP contribution in [0.4, 0.5) is 5.69 Å². The van der Waals surface area contributed by atoms with E-state index in [4.69, 9.17) is 11.6 Å². The van der Waals surface area contributed by atoms with E-state index in [0.29, 0.717) is 17.3 Å². The highest BCUT2D eigenvalue weighted by Crippen LogP contribution is 2.27. The van der Waals surface area contributed by atoms with Gasteiger partial charge in [0.15, 0.2) is 0 Å². The van der Waals surface area contributed by atoms with Crippen LogP contribution in [0.2, 0.25) is 5.02 Å². The Morgan fingerprint density at radius 1 is 1.19 bits per heavy atom. The summed E-state index contributed by atoms with van der Waals surface area (Å²) in [7, 11) is 1.74. The summed E-state index contributed by atoms with van der Waals surface area (Å²) in [6, 6.07) is 8.59. The van der Waals surface area contributed by atoms with Gasteiger partial charge in [-0.05, 0) is 49.6 Å². The molecule has 6 heteroatoms. The van der Waals surface area contributed by atoms with Crippen LogP contribution in [0, 0.1) is 13.8 Å². The lowest BCUT2D eigenvalue weighted by atomic mass is 10.1. The van der Waals surface area contributed by atoms with Crippen molar-refractivity contribution in [2.75, 3.05) is 18.9 Å². The summed E-state index contributed by atoms with van der Waals surface area (Å²) in [5, 5.41) is 3.27. The number of hydrogen-bond acceptors (Lipinski definition) is 3. The van der Waals surface area contributed by atoms with E-state index in [0.717, 1.165) is 24.0 Å². The second-order valence-corrected chi connectivity index (χ2v) is 6.79. The molecule has 1 heterocycles. The number of aryl methyl sites for hydroxylation is 2. The molecule has 2 aromatic rings. The first-order valence-electron chi connectivity index (χ1n) is 8.64. The Balaban J connectivity index is 2.19. The summed E-state index contributed by atoms with van der Waals surface area (Å²) >= 11 is 6.24. The fraction of sp³-hybridized carbons (Fsp3) is 0.350. The molecule has 0 saturated heterocycles. The number of benzene rings is 1. The van der Waals surface area contributed by atoms with Crippen molar-refractivity contribution in [3.63, 3.8) is 0 Å². The topological polar surface area (TPSA) is 62.3 Å². The number of amides is 2. The Morgan fingerprint density at radius 3 is 2.54 bits per heavy atom. The molecule has 2 amide bonds. The van der Waals surface area contributed by atoms with Gasteiger partial charge < -0.3 is 10.2 Å². The minimum Gasteiger partial charge on any atom is -0.340 e. The molecule has 0 aliphatic carbocycles. The number of halogens is 1. The summed E-state index contributed by atoms with van der Waals surface area (Å²) in [4.78, 5) is 30.9. The average molecular weight is 374 g/mol. The Bertz CT molecular complexity index is 797. The van der Waals surface area contributed by atoms with Crippen molar-refractivity contribution >= 4 is 29.1 Å². The lowest BCUT2D eigenvalue weighted by Gasteiger charge is -2.16. The number of aromatic nitrogens is 1. The largest absolute Gasteiger partial charge is 0.340 e. The third-order valence-corrected chi connectivity index (χ3v) is 4.36. The molecule has 5 nitrogen and oxygen atoms in total. The number of rotatable bonds is 6. The van der Waals surface area contributed by atoms with E-state index in [-0.39, 0.29) is 17.3 Å². The van der Waals surface area contributed by atoms with Gasteiger partial charge in [0.25, 0.3) is 11.8 Å². The number of nitrogens with zero attached hydrogens (tertiary/aromatic N) is 2. The zero-order valence-electron chi connectivity index (χ0n) is 15.6. The minimum absolute atomic E-state index is 0.177. The van der Waals surface area contributed by atoms with Gasteiger partial charge >= 0.3 is 0 Å². The molecule has 0 unspecified atom stereocenters. The van der Waals surface area contributed by atoms with Crippen molar-refractivity contribution in [1.29, 1.82) is 0 Å². The predicted molar refractivity (Wildman–Crippen MR) is 105 cm³/mol. The van der Waals surface area contributed by atoms with Crippen LogP contribution in [0.25, 0.3) is 0 Å².